The Hall–Kier alpha value is -1.36. The van der Waals surface area contributed by atoms with Crippen LogP contribution in [0, 0.1) is 0 Å². The summed E-state index contributed by atoms with van der Waals surface area (Å²) in [4.78, 5) is 13.4. The number of carboxylic acids is 1. The standard InChI is InChI=1S/C14H20N2O2S/c1-14(2)5-6-16(7-8-19-14)10-3-4-12(15)11(9-10)13(17)18/h3-4,9H,5-8,15H2,1-2H3,(H,17,18). The number of nitrogens with two attached hydrogens (primary N) is 1. The highest BCUT2D eigenvalue weighted by Gasteiger charge is 2.24. The van der Waals surface area contributed by atoms with Crippen LogP contribution in [0.1, 0.15) is 30.6 Å². The zero-order chi connectivity index (χ0) is 14.0. The molecule has 0 unspecified atom stereocenters. The molecule has 0 saturated carbocycles. The number of anilines is 2. The molecule has 4 nitrogen and oxygen atoms in total. The maximum Gasteiger partial charge on any atom is 0.337 e. The van der Waals surface area contributed by atoms with Crippen LogP contribution in [0.25, 0.3) is 0 Å². The minimum Gasteiger partial charge on any atom is -0.478 e. The molecule has 1 fully saturated rings. The number of hydrogen-bond donors (Lipinski definition) is 2. The molecule has 1 saturated heterocycles. The third-order valence-electron chi connectivity index (χ3n) is 3.47. The molecule has 1 aromatic carbocycles. The molecule has 3 N–H and O–H groups in total. The number of benzene rings is 1. The maximum atomic E-state index is 11.1. The largest absolute Gasteiger partial charge is 0.478 e. The van der Waals surface area contributed by atoms with Gasteiger partial charge in [-0.1, -0.05) is 13.8 Å². The zero-order valence-electron chi connectivity index (χ0n) is 11.3. The lowest BCUT2D eigenvalue weighted by Gasteiger charge is -2.24. The van der Waals surface area contributed by atoms with Gasteiger partial charge >= 0.3 is 5.97 Å². The number of hydrogen-bond acceptors (Lipinski definition) is 4. The van der Waals surface area contributed by atoms with Gasteiger partial charge in [0.1, 0.15) is 0 Å². The number of carboxylic acid groups (broad SMARTS) is 1. The van der Waals surface area contributed by atoms with Crippen LogP contribution in [0.15, 0.2) is 18.2 Å². The van der Waals surface area contributed by atoms with Crippen molar-refractivity contribution in [1.82, 2.24) is 0 Å². The normalized spacial score (nSPS) is 18.9. The summed E-state index contributed by atoms with van der Waals surface area (Å²) in [5.74, 6) is 0.0867. The van der Waals surface area contributed by atoms with Crippen LogP contribution in [0.4, 0.5) is 11.4 Å². The van der Waals surface area contributed by atoms with Crippen molar-refractivity contribution in [2.75, 3.05) is 29.5 Å². The van der Waals surface area contributed by atoms with Gasteiger partial charge in [-0.15, -0.1) is 0 Å². The highest BCUT2D eigenvalue weighted by molar-refractivity contribution is 8.00. The Morgan fingerprint density at radius 2 is 2.16 bits per heavy atom. The molecule has 2 rings (SSSR count). The van der Waals surface area contributed by atoms with Crippen LogP contribution in [-0.2, 0) is 0 Å². The van der Waals surface area contributed by atoms with Crippen LogP contribution in [0.5, 0.6) is 0 Å². The molecule has 0 atom stereocenters. The van der Waals surface area contributed by atoms with Gasteiger partial charge in [-0.2, -0.15) is 11.8 Å². The lowest BCUT2D eigenvalue weighted by Crippen LogP contribution is -2.27. The second kappa shape index (κ2) is 5.33. The molecule has 1 aliphatic heterocycles. The number of nitrogens with zero attached hydrogens (tertiary/aromatic N) is 1. The highest BCUT2D eigenvalue weighted by Crippen LogP contribution is 2.32. The summed E-state index contributed by atoms with van der Waals surface area (Å²) in [5.41, 5.74) is 7.15. The maximum absolute atomic E-state index is 11.1. The SMILES string of the molecule is CC1(C)CCN(c2ccc(N)c(C(=O)O)c2)CCS1. The number of rotatable bonds is 2. The van der Waals surface area contributed by atoms with E-state index in [9.17, 15) is 4.79 Å². The van der Waals surface area contributed by atoms with E-state index in [-0.39, 0.29) is 10.3 Å². The molecular weight excluding hydrogens is 260 g/mol. The molecule has 0 bridgehead atoms. The van der Waals surface area contributed by atoms with Gasteiger partial charge in [0.25, 0.3) is 0 Å². The summed E-state index contributed by atoms with van der Waals surface area (Å²) in [7, 11) is 0. The Labute approximate surface area is 118 Å². The minimum atomic E-state index is -0.969. The highest BCUT2D eigenvalue weighted by atomic mass is 32.2. The Morgan fingerprint density at radius 3 is 2.84 bits per heavy atom. The predicted molar refractivity (Wildman–Crippen MR) is 81.2 cm³/mol. The summed E-state index contributed by atoms with van der Waals surface area (Å²) in [6, 6.07) is 5.27. The van der Waals surface area contributed by atoms with Crippen LogP contribution in [0.2, 0.25) is 0 Å². The monoisotopic (exact) mass is 280 g/mol. The van der Waals surface area contributed by atoms with Crippen molar-refractivity contribution in [2.45, 2.75) is 25.0 Å². The smallest absolute Gasteiger partial charge is 0.337 e. The van der Waals surface area contributed by atoms with E-state index in [1.165, 1.54) is 0 Å². The summed E-state index contributed by atoms with van der Waals surface area (Å²) >= 11 is 1.97. The van der Waals surface area contributed by atoms with E-state index in [1.54, 1.807) is 12.1 Å². The Balaban J connectivity index is 2.22. The van der Waals surface area contributed by atoms with Gasteiger partial charge in [-0.3, -0.25) is 0 Å². The molecule has 0 aliphatic carbocycles. The molecule has 5 heteroatoms. The molecule has 0 aromatic heterocycles. The third kappa shape index (κ3) is 3.35. The Morgan fingerprint density at radius 1 is 1.42 bits per heavy atom. The van der Waals surface area contributed by atoms with Gasteiger partial charge in [0.2, 0.25) is 0 Å². The fourth-order valence-corrected chi connectivity index (χ4v) is 3.30. The van der Waals surface area contributed by atoms with Gasteiger partial charge in [0, 0.05) is 35.0 Å². The summed E-state index contributed by atoms with van der Waals surface area (Å²) in [6.45, 7) is 6.40. The van der Waals surface area contributed by atoms with Gasteiger partial charge in [-0.05, 0) is 24.6 Å². The topological polar surface area (TPSA) is 66.6 Å². The van der Waals surface area contributed by atoms with Crippen molar-refractivity contribution in [3.63, 3.8) is 0 Å². The minimum absolute atomic E-state index is 0.189. The molecule has 1 heterocycles. The van der Waals surface area contributed by atoms with E-state index in [0.717, 1.165) is 31.0 Å². The first-order valence-electron chi connectivity index (χ1n) is 6.41. The van der Waals surface area contributed by atoms with Gasteiger partial charge in [-0.25, -0.2) is 4.79 Å². The van der Waals surface area contributed by atoms with Crippen molar-refractivity contribution in [2.24, 2.45) is 0 Å². The number of carbonyl (C=O) groups is 1. The van der Waals surface area contributed by atoms with E-state index in [2.05, 4.69) is 18.7 Å². The van der Waals surface area contributed by atoms with Crippen molar-refractivity contribution in [1.29, 1.82) is 0 Å². The molecule has 0 spiro atoms. The first-order valence-corrected chi connectivity index (χ1v) is 7.39. The third-order valence-corrected chi connectivity index (χ3v) is 4.84. The molecule has 0 radical (unpaired) electrons. The van der Waals surface area contributed by atoms with Crippen LogP contribution in [-0.4, -0.2) is 34.7 Å². The second-order valence-electron chi connectivity index (χ2n) is 5.42. The molecule has 0 amide bonds. The second-order valence-corrected chi connectivity index (χ2v) is 7.22. The summed E-state index contributed by atoms with van der Waals surface area (Å²) in [6.07, 6.45) is 1.09. The Bertz CT molecular complexity index is 488. The fourth-order valence-electron chi connectivity index (χ4n) is 2.20. The fraction of sp³-hybridized carbons (Fsp3) is 0.500. The Kier molecular flexibility index (Phi) is 3.94. The van der Waals surface area contributed by atoms with Gasteiger partial charge in [0.05, 0.1) is 5.56 Å². The van der Waals surface area contributed by atoms with Crippen LogP contribution in [0.3, 0.4) is 0 Å². The molecule has 104 valence electrons. The zero-order valence-corrected chi connectivity index (χ0v) is 12.2. The molecular formula is C14H20N2O2S. The van der Waals surface area contributed by atoms with E-state index in [0.29, 0.717) is 5.69 Å². The van der Waals surface area contributed by atoms with Crippen molar-refractivity contribution < 1.29 is 9.90 Å². The average Bonchev–Trinajstić information content (AvgIpc) is 2.51. The lowest BCUT2D eigenvalue weighted by atomic mass is 10.1. The number of aromatic carboxylic acids is 1. The molecule has 1 aliphatic rings. The number of nitrogen functional groups attached to an aromatic ring is 1. The van der Waals surface area contributed by atoms with E-state index < -0.39 is 5.97 Å². The molecule has 1 aromatic rings. The first-order chi connectivity index (χ1) is 8.89. The van der Waals surface area contributed by atoms with Crippen LogP contribution >= 0.6 is 11.8 Å². The van der Waals surface area contributed by atoms with Crippen LogP contribution < -0.4 is 10.6 Å². The molecule has 19 heavy (non-hydrogen) atoms. The van der Waals surface area contributed by atoms with Crippen molar-refractivity contribution in [3.8, 4) is 0 Å². The first kappa shape index (κ1) is 14.1. The lowest BCUT2D eigenvalue weighted by molar-refractivity contribution is 0.0698. The number of thioether (sulfide) groups is 1. The van der Waals surface area contributed by atoms with E-state index in [4.69, 9.17) is 10.8 Å². The average molecular weight is 280 g/mol. The van der Waals surface area contributed by atoms with E-state index >= 15 is 0 Å². The quantitative estimate of drug-likeness (QED) is 0.815. The van der Waals surface area contributed by atoms with E-state index in [1.807, 2.05) is 17.8 Å². The van der Waals surface area contributed by atoms with Gasteiger partial charge < -0.3 is 15.7 Å². The predicted octanol–water partition coefficient (Wildman–Crippen LogP) is 2.69. The van der Waals surface area contributed by atoms with Crippen molar-refractivity contribution >= 4 is 29.1 Å². The summed E-state index contributed by atoms with van der Waals surface area (Å²) < 4.78 is 0.290. The van der Waals surface area contributed by atoms with Crippen molar-refractivity contribution in [3.05, 3.63) is 23.8 Å². The summed E-state index contributed by atoms with van der Waals surface area (Å²) in [5, 5.41) is 9.12. The van der Waals surface area contributed by atoms with Gasteiger partial charge in [0.15, 0.2) is 0 Å².